The molecule has 6 nitrogen and oxygen atoms in total. The molecule has 4 aromatic rings. The van der Waals surface area contributed by atoms with Crippen LogP contribution in [0.5, 0.6) is 5.88 Å². The van der Waals surface area contributed by atoms with Crippen LogP contribution in [0.15, 0.2) is 59.8 Å². The van der Waals surface area contributed by atoms with Gasteiger partial charge in [-0.2, -0.15) is 13.2 Å². The van der Waals surface area contributed by atoms with Gasteiger partial charge >= 0.3 is 6.18 Å². The SMILES string of the molecule is O=c1c2cc(Cc3ccc(OCC(F)(F)F)nc3)c3ccccc3c2ncn1C1CCOCC1. The number of rotatable bonds is 5. The Morgan fingerprint density at radius 2 is 1.79 bits per heavy atom. The van der Waals surface area contributed by atoms with E-state index in [9.17, 15) is 18.0 Å². The molecule has 1 saturated heterocycles. The van der Waals surface area contributed by atoms with E-state index in [4.69, 9.17) is 9.47 Å². The van der Waals surface area contributed by atoms with E-state index in [0.717, 1.165) is 34.7 Å². The molecule has 34 heavy (non-hydrogen) atoms. The van der Waals surface area contributed by atoms with Crippen molar-refractivity contribution < 1.29 is 22.6 Å². The predicted octanol–water partition coefficient (Wildman–Crippen LogP) is 4.83. The van der Waals surface area contributed by atoms with Crippen LogP contribution >= 0.6 is 0 Å². The summed E-state index contributed by atoms with van der Waals surface area (Å²) in [5, 5.41) is 2.38. The molecule has 0 unspecified atom stereocenters. The lowest BCUT2D eigenvalue weighted by Crippen LogP contribution is -2.29. The van der Waals surface area contributed by atoms with Crippen molar-refractivity contribution in [2.24, 2.45) is 0 Å². The first-order valence-corrected chi connectivity index (χ1v) is 11.0. The normalized spacial score (nSPS) is 15.1. The van der Waals surface area contributed by atoms with Crippen LogP contribution in [0.2, 0.25) is 0 Å². The number of hydrogen-bond donors (Lipinski definition) is 0. The van der Waals surface area contributed by atoms with Crippen LogP contribution in [0.3, 0.4) is 0 Å². The second-order valence-corrected chi connectivity index (χ2v) is 8.36. The summed E-state index contributed by atoms with van der Waals surface area (Å²) in [4.78, 5) is 22.1. The molecule has 0 spiro atoms. The Morgan fingerprint density at radius 3 is 2.50 bits per heavy atom. The maximum absolute atomic E-state index is 13.4. The van der Waals surface area contributed by atoms with Crippen molar-refractivity contribution in [3.63, 3.8) is 0 Å². The highest BCUT2D eigenvalue weighted by Crippen LogP contribution is 2.29. The van der Waals surface area contributed by atoms with Crippen LogP contribution < -0.4 is 10.3 Å². The molecule has 3 heterocycles. The average molecular weight is 469 g/mol. The molecule has 0 saturated carbocycles. The van der Waals surface area contributed by atoms with Crippen molar-refractivity contribution >= 4 is 21.7 Å². The highest BCUT2D eigenvalue weighted by Gasteiger charge is 2.28. The molecule has 1 aliphatic rings. The van der Waals surface area contributed by atoms with Gasteiger partial charge in [0.05, 0.1) is 17.2 Å². The Balaban J connectivity index is 1.52. The van der Waals surface area contributed by atoms with Gasteiger partial charge in [-0.05, 0) is 41.8 Å². The molecule has 0 bridgehead atoms. The minimum absolute atomic E-state index is 0.0570. The number of ether oxygens (including phenoxy) is 2. The van der Waals surface area contributed by atoms with Crippen molar-refractivity contribution in [3.8, 4) is 5.88 Å². The van der Waals surface area contributed by atoms with Crippen molar-refractivity contribution in [1.82, 2.24) is 14.5 Å². The van der Waals surface area contributed by atoms with Crippen LogP contribution in [0.25, 0.3) is 21.7 Å². The van der Waals surface area contributed by atoms with E-state index in [-0.39, 0.29) is 17.5 Å². The van der Waals surface area contributed by atoms with E-state index in [1.165, 1.54) is 12.3 Å². The highest BCUT2D eigenvalue weighted by molar-refractivity contribution is 6.06. The Bertz CT molecular complexity index is 1380. The highest BCUT2D eigenvalue weighted by atomic mass is 19.4. The topological polar surface area (TPSA) is 66.2 Å². The molecule has 0 radical (unpaired) electrons. The van der Waals surface area contributed by atoms with Gasteiger partial charge in [-0.25, -0.2) is 9.97 Å². The molecule has 0 atom stereocenters. The van der Waals surface area contributed by atoms with Gasteiger partial charge < -0.3 is 9.47 Å². The first kappa shape index (κ1) is 22.3. The molecule has 1 fully saturated rings. The van der Waals surface area contributed by atoms with Crippen molar-refractivity contribution in [3.05, 3.63) is 76.5 Å². The van der Waals surface area contributed by atoms with E-state index < -0.39 is 12.8 Å². The largest absolute Gasteiger partial charge is 0.468 e. The van der Waals surface area contributed by atoms with Gasteiger partial charge in [-0.1, -0.05) is 30.3 Å². The summed E-state index contributed by atoms with van der Waals surface area (Å²) in [6.45, 7) is -0.150. The minimum Gasteiger partial charge on any atom is -0.468 e. The lowest BCUT2D eigenvalue weighted by atomic mass is 9.96. The third-order valence-electron chi connectivity index (χ3n) is 6.04. The first-order chi connectivity index (χ1) is 16.4. The van der Waals surface area contributed by atoms with E-state index in [2.05, 4.69) is 9.97 Å². The van der Waals surface area contributed by atoms with Crippen LogP contribution in [0, 0.1) is 0 Å². The van der Waals surface area contributed by atoms with Gasteiger partial charge in [0.1, 0.15) is 0 Å². The van der Waals surface area contributed by atoms with E-state index >= 15 is 0 Å². The third kappa shape index (κ3) is 4.61. The summed E-state index contributed by atoms with van der Waals surface area (Å²) in [5.41, 5.74) is 2.27. The number of aromatic nitrogens is 3. The van der Waals surface area contributed by atoms with Gasteiger partial charge in [0.2, 0.25) is 5.88 Å². The molecule has 2 aromatic carbocycles. The molecule has 2 aromatic heterocycles. The Kier molecular flexibility index (Phi) is 5.95. The van der Waals surface area contributed by atoms with Gasteiger partial charge in [0.25, 0.3) is 5.56 Å². The van der Waals surface area contributed by atoms with E-state index in [0.29, 0.717) is 30.5 Å². The van der Waals surface area contributed by atoms with Gasteiger partial charge in [0, 0.05) is 36.9 Å². The number of hydrogen-bond acceptors (Lipinski definition) is 5. The number of fused-ring (bicyclic) bond motifs is 3. The molecule has 5 rings (SSSR count). The molecule has 0 amide bonds. The molecule has 0 N–H and O–H groups in total. The fourth-order valence-electron chi connectivity index (χ4n) is 4.39. The summed E-state index contributed by atoms with van der Waals surface area (Å²) in [5.74, 6) is -0.0898. The molecular formula is C25H22F3N3O3. The maximum atomic E-state index is 13.4. The average Bonchev–Trinajstić information content (AvgIpc) is 2.84. The summed E-state index contributed by atoms with van der Waals surface area (Å²) >= 11 is 0. The zero-order chi connectivity index (χ0) is 23.7. The standard InChI is InChI=1S/C25H22F3N3O3/c26-25(27,28)14-34-22-6-5-16(13-29-22)11-17-12-21-23(20-4-2-1-3-19(17)20)30-15-31(24(21)32)18-7-9-33-10-8-18/h1-6,12-13,15,18H,7-11,14H2. The summed E-state index contributed by atoms with van der Waals surface area (Å²) < 4.78 is 48.9. The molecule has 9 heteroatoms. The lowest BCUT2D eigenvalue weighted by Gasteiger charge is -2.24. The zero-order valence-electron chi connectivity index (χ0n) is 18.2. The minimum atomic E-state index is -4.42. The number of alkyl halides is 3. The first-order valence-electron chi connectivity index (χ1n) is 11.0. The number of benzene rings is 2. The quantitative estimate of drug-likeness (QED) is 0.392. The van der Waals surface area contributed by atoms with Crippen molar-refractivity contribution in [2.75, 3.05) is 19.8 Å². The Morgan fingerprint density at radius 1 is 1.03 bits per heavy atom. The van der Waals surface area contributed by atoms with Crippen molar-refractivity contribution in [2.45, 2.75) is 31.5 Å². The van der Waals surface area contributed by atoms with Crippen LogP contribution in [-0.2, 0) is 11.2 Å². The second-order valence-electron chi connectivity index (χ2n) is 8.36. The molecule has 1 aliphatic heterocycles. The molecule has 176 valence electrons. The smallest absolute Gasteiger partial charge is 0.422 e. The lowest BCUT2D eigenvalue weighted by molar-refractivity contribution is -0.154. The third-order valence-corrected chi connectivity index (χ3v) is 6.04. The Labute approximate surface area is 193 Å². The predicted molar refractivity (Wildman–Crippen MR) is 121 cm³/mol. The monoisotopic (exact) mass is 469 g/mol. The van der Waals surface area contributed by atoms with Gasteiger partial charge in [-0.3, -0.25) is 9.36 Å². The summed E-state index contributed by atoms with van der Waals surface area (Å²) in [6, 6.07) is 12.8. The van der Waals surface area contributed by atoms with Crippen molar-refractivity contribution in [1.29, 1.82) is 0 Å². The molecule has 0 aliphatic carbocycles. The number of halogens is 3. The summed E-state index contributed by atoms with van der Waals surface area (Å²) in [6.07, 6.45) is 0.694. The fourth-order valence-corrected chi connectivity index (χ4v) is 4.39. The maximum Gasteiger partial charge on any atom is 0.422 e. The Hall–Kier alpha value is -3.46. The van der Waals surface area contributed by atoms with E-state index in [1.54, 1.807) is 17.0 Å². The second kappa shape index (κ2) is 9.06. The van der Waals surface area contributed by atoms with E-state index in [1.807, 2.05) is 30.3 Å². The number of nitrogens with zero attached hydrogens (tertiary/aromatic N) is 3. The number of pyridine rings is 1. The summed E-state index contributed by atoms with van der Waals surface area (Å²) in [7, 11) is 0. The van der Waals surface area contributed by atoms with Crippen LogP contribution in [0.1, 0.15) is 30.0 Å². The fraction of sp³-hybridized carbons (Fsp3) is 0.320. The van der Waals surface area contributed by atoms with Gasteiger partial charge in [0.15, 0.2) is 6.61 Å². The molecular weight excluding hydrogens is 447 g/mol. The van der Waals surface area contributed by atoms with Gasteiger partial charge in [-0.15, -0.1) is 0 Å². The van der Waals surface area contributed by atoms with Crippen LogP contribution in [-0.4, -0.2) is 40.5 Å². The van der Waals surface area contributed by atoms with Crippen LogP contribution in [0.4, 0.5) is 13.2 Å². The zero-order valence-corrected chi connectivity index (χ0v) is 18.2.